The molecule has 2 atom stereocenters. The van der Waals surface area contributed by atoms with Crippen molar-refractivity contribution in [2.24, 2.45) is 16.6 Å². The van der Waals surface area contributed by atoms with Crippen LogP contribution in [-0.4, -0.2) is 36.5 Å². The van der Waals surface area contributed by atoms with Crippen molar-refractivity contribution in [3.05, 3.63) is 0 Å². The quantitative estimate of drug-likeness (QED) is 0.217. The van der Waals surface area contributed by atoms with Crippen LogP contribution in [0.15, 0.2) is 4.99 Å². The minimum atomic E-state index is 0.322. The Morgan fingerprint density at radius 2 is 2.31 bits per heavy atom. The number of nitrogens with two attached hydrogens (primary N) is 2. The van der Waals surface area contributed by atoms with E-state index in [1.807, 2.05) is 0 Å². The summed E-state index contributed by atoms with van der Waals surface area (Å²) in [5.74, 6) is 5.47. The molecule has 5 N–H and O–H groups in total. The molecule has 1 heterocycles. The second-order valence-electron chi connectivity index (χ2n) is 3.67. The van der Waals surface area contributed by atoms with E-state index in [9.17, 15) is 0 Å². The molecular weight excluding hydrogens is 166 g/mol. The number of rotatable bonds is 1. The van der Waals surface area contributed by atoms with E-state index in [0.29, 0.717) is 18.0 Å². The average molecular weight is 185 g/mol. The Morgan fingerprint density at radius 1 is 1.62 bits per heavy atom. The van der Waals surface area contributed by atoms with Crippen molar-refractivity contribution in [3.63, 3.8) is 0 Å². The highest BCUT2D eigenvalue weighted by atomic mass is 15.3. The van der Waals surface area contributed by atoms with Gasteiger partial charge in [0.15, 0.2) is 0 Å². The van der Waals surface area contributed by atoms with Gasteiger partial charge in [-0.3, -0.25) is 5.43 Å². The van der Waals surface area contributed by atoms with Gasteiger partial charge in [-0.05, 0) is 26.8 Å². The molecule has 0 aromatic heterocycles. The number of likely N-dealkylation sites (tertiary alicyclic amines) is 1. The molecule has 5 nitrogen and oxygen atoms in total. The Kier molecular flexibility index (Phi) is 3.50. The van der Waals surface area contributed by atoms with Crippen LogP contribution >= 0.6 is 0 Å². The number of nitrogens with one attached hydrogen (secondary N) is 1. The fourth-order valence-electron chi connectivity index (χ4n) is 1.62. The molecule has 13 heavy (non-hydrogen) atoms. The topological polar surface area (TPSA) is 79.7 Å². The first-order valence-electron chi connectivity index (χ1n) is 4.63. The smallest absolute Gasteiger partial charge is 0.203 e. The standard InChI is InChI=1S/C8H19N5/c1-6-5-7(3-4-13(6)2)11-8(9)12-10/h6-7H,3-5,10H2,1-2H3,(H3,9,11,12). The van der Waals surface area contributed by atoms with Crippen molar-refractivity contribution < 1.29 is 0 Å². The number of hydrazine groups is 1. The van der Waals surface area contributed by atoms with Crippen molar-refractivity contribution in [3.8, 4) is 0 Å². The Labute approximate surface area is 79.1 Å². The molecule has 0 bridgehead atoms. The third-order valence-electron chi connectivity index (χ3n) is 2.65. The number of guanidine groups is 1. The zero-order valence-electron chi connectivity index (χ0n) is 8.33. The molecule has 1 fully saturated rings. The van der Waals surface area contributed by atoms with Crippen LogP contribution in [0.5, 0.6) is 0 Å². The molecule has 0 aliphatic carbocycles. The molecule has 76 valence electrons. The molecule has 0 amide bonds. The second-order valence-corrected chi connectivity index (χ2v) is 3.67. The van der Waals surface area contributed by atoms with Gasteiger partial charge in [0.25, 0.3) is 0 Å². The lowest BCUT2D eigenvalue weighted by Crippen LogP contribution is -2.42. The first-order valence-corrected chi connectivity index (χ1v) is 4.63. The molecule has 0 saturated carbocycles. The van der Waals surface area contributed by atoms with Crippen LogP contribution in [0, 0.1) is 0 Å². The Balaban J connectivity index is 2.46. The summed E-state index contributed by atoms with van der Waals surface area (Å²) in [6.07, 6.45) is 2.11. The summed E-state index contributed by atoms with van der Waals surface area (Å²) >= 11 is 0. The zero-order chi connectivity index (χ0) is 9.84. The van der Waals surface area contributed by atoms with Crippen molar-refractivity contribution >= 4 is 5.96 Å². The zero-order valence-corrected chi connectivity index (χ0v) is 8.33. The van der Waals surface area contributed by atoms with Gasteiger partial charge in [-0.1, -0.05) is 0 Å². The van der Waals surface area contributed by atoms with E-state index in [-0.39, 0.29) is 0 Å². The SMILES string of the molecule is CC1CC(N=C(N)NN)CCN1C. The summed E-state index contributed by atoms with van der Waals surface area (Å²) < 4.78 is 0. The summed E-state index contributed by atoms with van der Waals surface area (Å²) in [6.45, 7) is 3.28. The van der Waals surface area contributed by atoms with E-state index < -0.39 is 0 Å². The summed E-state index contributed by atoms with van der Waals surface area (Å²) in [7, 11) is 2.13. The van der Waals surface area contributed by atoms with E-state index in [1.165, 1.54) is 0 Å². The molecule has 1 saturated heterocycles. The number of aliphatic imine (C=N–C) groups is 1. The number of piperidine rings is 1. The van der Waals surface area contributed by atoms with Crippen molar-refractivity contribution in [2.75, 3.05) is 13.6 Å². The molecule has 0 spiro atoms. The van der Waals surface area contributed by atoms with Crippen LogP contribution in [0.1, 0.15) is 19.8 Å². The predicted molar refractivity (Wildman–Crippen MR) is 54.1 cm³/mol. The third-order valence-corrected chi connectivity index (χ3v) is 2.65. The minimum absolute atomic E-state index is 0.322. The lowest BCUT2D eigenvalue weighted by atomic mass is 10.00. The lowest BCUT2D eigenvalue weighted by Gasteiger charge is -2.33. The average Bonchev–Trinajstić information content (AvgIpc) is 2.11. The molecule has 5 heteroatoms. The largest absolute Gasteiger partial charge is 0.369 e. The fraction of sp³-hybridized carbons (Fsp3) is 0.875. The van der Waals surface area contributed by atoms with Gasteiger partial charge in [0.05, 0.1) is 6.04 Å². The Bertz CT molecular complexity index is 191. The maximum Gasteiger partial charge on any atom is 0.203 e. The van der Waals surface area contributed by atoms with Crippen LogP contribution in [0.25, 0.3) is 0 Å². The number of nitrogens with zero attached hydrogens (tertiary/aromatic N) is 2. The van der Waals surface area contributed by atoms with Gasteiger partial charge < -0.3 is 10.6 Å². The van der Waals surface area contributed by atoms with Gasteiger partial charge in [-0.15, -0.1) is 0 Å². The van der Waals surface area contributed by atoms with Crippen molar-refractivity contribution in [1.29, 1.82) is 0 Å². The van der Waals surface area contributed by atoms with E-state index >= 15 is 0 Å². The van der Waals surface area contributed by atoms with Gasteiger partial charge in [-0.25, -0.2) is 10.8 Å². The fourth-order valence-corrected chi connectivity index (χ4v) is 1.62. The summed E-state index contributed by atoms with van der Waals surface area (Å²) in [5, 5.41) is 0. The summed E-state index contributed by atoms with van der Waals surface area (Å²) in [4.78, 5) is 6.60. The van der Waals surface area contributed by atoms with E-state index in [0.717, 1.165) is 19.4 Å². The molecule has 1 rings (SSSR count). The van der Waals surface area contributed by atoms with Gasteiger partial charge in [0, 0.05) is 12.6 Å². The molecule has 1 aliphatic heterocycles. The maximum absolute atomic E-state index is 5.48. The van der Waals surface area contributed by atoms with Crippen LogP contribution in [0.4, 0.5) is 0 Å². The van der Waals surface area contributed by atoms with Crippen LogP contribution < -0.4 is 17.0 Å². The van der Waals surface area contributed by atoms with Crippen LogP contribution in [-0.2, 0) is 0 Å². The number of hydrogen-bond acceptors (Lipinski definition) is 3. The Hall–Kier alpha value is -0.810. The molecule has 0 radical (unpaired) electrons. The van der Waals surface area contributed by atoms with Gasteiger partial charge in [0.2, 0.25) is 5.96 Å². The summed E-state index contributed by atoms with van der Waals surface area (Å²) in [6, 6.07) is 0.898. The first-order chi connectivity index (χ1) is 6.13. The first kappa shape index (κ1) is 10.3. The predicted octanol–water partition coefficient (Wildman–Crippen LogP) is -0.753. The van der Waals surface area contributed by atoms with Gasteiger partial charge in [-0.2, -0.15) is 0 Å². The van der Waals surface area contributed by atoms with Crippen LogP contribution in [0.2, 0.25) is 0 Å². The minimum Gasteiger partial charge on any atom is -0.369 e. The highest BCUT2D eigenvalue weighted by molar-refractivity contribution is 5.77. The third kappa shape index (κ3) is 2.86. The van der Waals surface area contributed by atoms with E-state index in [1.54, 1.807) is 0 Å². The lowest BCUT2D eigenvalue weighted by molar-refractivity contribution is 0.184. The molecule has 0 aromatic rings. The molecule has 0 aromatic carbocycles. The van der Waals surface area contributed by atoms with Crippen LogP contribution in [0.3, 0.4) is 0 Å². The molecular formula is C8H19N5. The molecule has 2 unspecified atom stereocenters. The van der Waals surface area contributed by atoms with E-state index in [4.69, 9.17) is 11.6 Å². The maximum atomic E-state index is 5.48. The van der Waals surface area contributed by atoms with Crippen molar-refractivity contribution in [1.82, 2.24) is 10.3 Å². The second kappa shape index (κ2) is 4.43. The summed E-state index contributed by atoms with van der Waals surface area (Å²) in [5.41, 5.74) is 7.84. The van der Waals surface area contributed by atoms with Gasteiger partial charge in [0.1, 0.15) is 0 Å². The van der Waals surface area contributed by atoms with Gasteiger partial charge >= 0.3 is 0 Å². The number of hydrogen-bond donors (Lipinski definition) is 3. The molecule has 1 aliphatic rings. The highest BCUT2D eigenvalue weighted by Crippen LogP contribution is 2.17. The van der Waals surface area contributed by atoms with Crippen molar-refractivity contribution in [2.45, 2.75) is 31.8 Å². The highest BCUT2D eigenvalue weighted by Gasteiger charge is 2.22. The monoisotopic (exact) mass is 185 g/mol. The van der Waals surface area contributed by atoms with E-state index in [2.05, 4.69) is 29.3 Å². The Morgan fingerprint density at radius 3 is 2.85 bits per heavy atom. The normalized spacial score (nSPS) is 31.8.